The number of non-ortho nitro benzene ring substituents is 1. The van der Waals surface area contributed by atoms with Crippen molar-refractivity contribution >= 4 is 33.8 Å². The third-order valence-electron chi connectivity index (χ3n) is 3.00. The van der Waals surface area contributed by atoms with Gasteiger partial charge >= 0.3 is 0 Å². The summed E-state index contributed by atoms with van der Waals surface area (Å²) in [4.78, 5) is 32.5. The number of nitro benzene ring substituents is 2. The van der Waals surface area contributed by atoms with Crippen molar-refractivity contribution < 1.29 is 14.6 Å². The number of amides is 1. The topological polar surface area (TPSA) is 141 Å². The Morgan fingerprint density at radius 2 is 1.88 bits per heavy atom. The molecule has 11 heteroatoms. The molecule has 132 valence electrons. The van der Waals surface area contributed by atoms with Crippen molar-refractivity contribution in [3.05, 3.63) is 49.0 Å². The SMILES string of the molecule is CC(C)(C)Cc1nnc(NC(=O)c2ccc([N+](=O)[O-])cc2[N+](=O)[O-])s1. The second-order valence-electron chi connectivity index (χ2n) is 6.41. The summed E-state index contributed by atoms with van der Waals surface area (Å²) in [7, 11) is 0. The number of nitrogens with zero attached hydrogens (tertiary/aromatic N) is 4. The highest BCUT2D eigenvalue weighted by Crippen LogP contribution is 2.27. The highest BCUT2D eigenvalue weighted by molar-refractivity contribution is 7.15. The van der Waals surface area contributed by atoms with Crippen molar-refractivity contribution in [2.75, 3.05) is 5.32 Å². The third-order valence-corrected chi connectivity index (χ3v) is 3.84. The zero-order chi connectivity index (χ0) is 18.8. The van der Waals surface area contributed by atoms with E-state index in [1.54, 1.807) is 0 Å². The fourth-order valence-corrected chi connectivity index (χ4v) is 3.01. The summed E-state index contributed by atoms with van der Waals surface area (Å²) in [6.07, 6.45) is 0.665. The van der Waals surface area contributed by atoms with Crippen molar-refractivity contribution in [3.63, 3.8) is 0 Å². The molecule has 25 heavy (non-hydrogen) atoms. The molecule has 1 heterocycles. The fraction of sp³-hybridized carbons (Fsp3) is 0.357. The van der Waals surface area contributed by atoms with E-state index in [1.807, 2.05) is 20.8 Å². The van der Waals surface area contributed by atoms with Gasteiger partial charge in [0, 0.05) is 12.5 Å². The Bertz CT molecular complexity index is 842. The Labute approximate surface area is 146 Å². The van der Waals surface area contributed by atoms with E-state index in [-0.39, 0.29) is 16.1 Å². The number of hydrogen-bond donors (Lipinski definition) is 1. The predicted octanol–water partition coefficient (Wildman–Crippen LogP) is 3.20. The van der Waals surface area contributed by atoms with Crippen LogP contribution in [0.2, 0.25) is 0 Å². The van der Waals surface area contributed by atoms with Crippen LogP contribution in [0.25, 0.3) is 0 Å². The van der Waals surface area contributed by atoms with E-state index in [1.165, 1.54) is 11.3 Å². The second kappa shape index (κ2) is 6.89. The van der Waals surface area contributed by atoms with Crippen molar-refractivity contribution in [2.24, 2.45) is 5.41 Å². The number of benzene rings is 1. The molecular weight excluding hydrogens is 350 g/mol. The molecule has 0 atom stereocenters. The quantitative estimate of drug-likeness (QED) is 0.633. The zero-order valence-electron chi connectivity index (χ0n) is 13.7. The zero-order valence-corrected chi connectivity index (χ0v) is 14.5. The van der Waals surface area contributed by atoms with Crippen LogP contribution in [0.3, 0.4) is 0 Å². The van der Waals surface area contributed by atoms with E-state index in [0.717, 1.165) is 23.2 Å². The van der Waals surface area contributed by atoms with Crippen molar-refractivity contribution in [1.82, 2.24) is 10.2 Å². The lowest BCUT2D eigenvalue weighted by atomic mass is 9.93. The first-order valence-corrected chi connectivity index (χ1v) is 7.95. The summed E-state index contributed by atoms with van der Waals surface area (Å²) in [5.74, 6) is -0.778. The van der Waals surface area contributed by atoms with E-state index >= 15 is 0 Å². The number of rotatable bonds is 5. The largest absolute Gasteiger partial charge is 0.296 e. The summed E-state index contributed by atoms with van der Waals surface area (Å²) in [6.45, 7) is 6.10. The first-order valence-electron chi connectivity index (χ1n) is 7.13. The Morgan fingerprint density at radius 3 is 2.44 bits per heavy atom. The minimum Gasteiger partial charge on any atom is -0.296 e. The lowest BCUT2D eigenvalue weighted by Gasteiger charge is -2.14. The lowest BCUT2D eigenvalue weighted by Crippen LogP contribution is -2.14. The van der Waals surface area contributed by atoms with Gasteiger partial charge in [-0.25, -0.2) is 0 Å². The predicted molar refractivity (Wildman–Crippen MR) is 90.8 cm³/mol. The summed E-state index contributed by atoms with van der Waals surface area (Å²) in [5, 5.41) is 33.0. The minimum atomic E-state index is -0.840. The van der Waals surface area contributed by atoms with Gasteiger partial charge in [0.1, 0.15) is 10.6 Å². The fourth-order valence-electron chi connectivity index (χ4n) is 1.97. The van der Waals surface area contributed by atoms with Crippen LogP contribution >= 0.6 is 11.3 Å². The van der Waals surface area contributed by atoms with Crippen LogP contribution in [-0.2, 0) is 6.42 Å². The molecule has 0 bridgehead atoms. The molecule has 0 saturated heterocycles. The van der Waals surface area contributed by atoms with Crippen LogP contribution < -0.4 is 5.32 Å². The van der Waals surface area contributed by atoms with Gasteiger partial charge in [-0.2, -0.15) is 0 Å². The van der Waals surface area contributed by atoms with E-state index in [4.69, 9.17) is 0 Å². The van der Waals surface area contributed by atoms with Gasteiger partial charge in [-0.1, -0.05) is 32.1 Å². The summed E-state index contributed by atoms with van der Waals surface area (Å²) in [5.41, 5.74) is -1.40. The van der Waals surface area contributed by atoms with Crippen LogP contribution in [0.5, 0.6) is 0 Å². The molecule has 2 rings (SSSR count). The molecule has 0 saturated carbocycles. The molecule has 0 spiro atoms. The number of carbonyl (C=O) groups excluding carboxylic acids is 1. The number of nitrogens with one attached hydrogen (secondary N) is 1. The monoisotopic (exact) mass is 365 g/mol. The minimum absolute atomic E-state index is 0.00202. The summed E-state index contributed by atoms with van der Waals surface area (Å²) in [6, 6.07) is 2.83. The van der Waals surface area contributed by atoms with E-state index in [0.29, 0.717) is 6.42 Å². The number of carbonyl (C=O) groups is 1. The van der Waals surface area contributed by atoms with E-state index in [2.05, 4.69) is 15.5 Å². The standard InChI is InChI=1S/C14H15N5O5S/c1-14(2,3)7-11-16-17-13(25-11)15-12(20)9-5-4-8(18(21)22)6-10(9)19(23)24/h4-6H,7H2,1-3H3,(H,15,17,20). The molecular formula is C14H15N5O5S. The molecule has 0 aliphatic heterocycles. The maximum Gasteiger partial charge on any atom is 0.289 e. The molecule has 1 N–H and O–H groups in total. The first-order chi connectivity index (χ1) is 11.6. The van der Waals surface area contributed by atoms with Gasteiger partial charge in [0.25, 0.3) is 17.3 Å². The number of aromatic nitrogens is 2. The smallest absolute Gasteiger partial charge is 0.289 e. The molecule has 1 amide bonds. The molecule has 10 nitrogen and oxygen atoms in total. The number of nitro groups is 2. The Morgan fingerprint density at radius 1 is 1.20 bits per heavy atom. The van der Waals surface area contributed by atoms with Gasteiger partial charge in [-0.3, -0.25) is 30.3 Å². The van der Waals surface area contributed by atoms with Crippen LogP contribution in [0.4, 0.5) is 16.5 Å². The average Bonchev–Trinajstić information content (AvgIpc) is 2.91. The lowest BCUT2D eigenvalue weighted by molar-refractivity contribution is -0.394. The Hall–Kier alpha value is -2.95. The van der Waals surface area contributed by atoms with Gasteiger partial charge < -0.3 is 0 Å². The molecule has 1 aromatic heterocycles. The third kappa shape index (κ3) is 4.76. The van der Waals surface area contributed by atoms with Gasteiger partial charge in [0.05, 0.1) is 15.9 Å². The Balaban J connectivity index is 2.24. The van der Waals surface area contributed by atoms with Crippen LogP contribution in [0.15, 0.2) is 18.2 Å². The summed E-state index contributed by atoms with van der Waals surface area (Å²) < 4.78 is 0. The Kier molecular flexibility index (Phi) is 5.07. The highest BCUT2D eigenvalue weighted by atomic mass is 32.1. The number of hydrogen-bond acceptors (Lipinski definition) is 8. The molecule has 0 aliphatic rings. The van der Waals surface area contributed by atoms with Crippen molar-refractivity contribution in [2.45, 2.75) is 27.2 Å². The van der Waals surface area contributed by atoms with Crippen molar-refractivity contribution in [1.29, 1.82) is 0 Å². The van der Waals surface area contributed by atoms with Crippen molar-refractivity contribution in [3.8, 4) is 0 Å². The molecule has 0 radical (unpaired) electrons. The molecule has 0 fully saturated rings. The first kappa shape index (κ1) is 18.4. The van der Waals surface area contributed by atoms with Gasteiger partial charge in [0.2, 0.25) is 5.13 Å². The molecule has 0 unspecified atom stereocenters. The normalized spacial score (nSPS) is 11.2. The van der Waals surface area contributed by atoms with Crippen LogP contribution in [0, 0.1) is 25.6 Å². The van der Waals surface area contributed by atoms with E-state index in [9.17, 15) is 25.0 Å². The van der Waals surface area contributed by atoms with Gasteiger partial charge in [-0.15, -0.1) is 10.2 Å². The van der Waals surface area contributed by atoms with Crippen LogP contribution in [-0.4, -0.2) is 26.0 Å². The van der Waals surface area contributed by atoms with Gasteiger partial charge in [0.15, 0.2) is 0 Å². The maximum absolute atomic E-state index is 12.3. The number of anilines is 1. The average molecular weight is 365 g/mol. The highest BCUT2D eigenvalue weighted by Gasteiger charge is 2.25. The molecule has 1 aromatic carbocycles. The molecule has 2 aromatic rings. The molecule has 0 aliphatic carbocycles. The maximum atomic E-state index is 12.3. The van der Waals surface area contributed by atoms with Crippen LogP contribution in [0.1, 0.15) is 36.1 Å². The summed E-state index contributed by atoms with van der Waals surface area (Å²) >= 11 is 1.17. The van der Waals surface area contributed by atoms with E-state index < -0.39 is 27.1 Å². The second-order valence-corrected chi connectivity index (χ2v) is 7.47. The van der Waals surface area contributed by atoms with Gasteiger partial charge in [-0.05, 0) is 11.5 Å².